The Morgan fingerprint density at radius 3 is 2.00 bits per heavy atom. The lowest BCUT2D eigenvalue weighted by molar-refractivity contribution is -0.184. The van der Waals surface area contributed by atoms with Crippen LogP contribution >= 0.6 is 11.8 Å². The van der Waals surface area contributed by atoms with Gasteiger partial charge in [-0.2, -0.15) is 0 Å². The number of carbonyl (C=O) groups excluding carboxylic acids is 3. The maximum Gasteiger partial charge on any atom is 0.348 e. The summed E-state index contributed by atoms with van der Waals surface area (Å²) in [6.45, 7) is 4.06. The molecule has 2 aromatic carbocycles. The highest BCUT2D eigenvalue weighted by Gasteiger charge is 2.39. The molecule has 0 saturated heterocycles. The number of halogens is 3. The highest BCUT2D eigenvalue weighted by Crippen LogP contribution is 2.38. The molecule has 0 fully saturated rings. The highest BCUT2D eigenvalue weighted by atomic mass is 35.5. The first-order chi connectivity index (χ1) is 18.0. The molecule has 200 valence electrons. The number of pyridine rings is 1. The van der Waals surface area contributed by atoms with Gasteiger partial charge in [0.25, 0.3) is 5.91 Å². The molecule has 0 bridgehead atoms. The van der Waals surface area contributed by atoms with Crippen LogP contribution in [0.15, 0.2) is 60.8 Å². The van der Waals surface area contributed by atoms with Crippen molar-refractivity contribution in [2.24, 2.45) is 0 Å². The Hall–Kier alpha value is -4.09. The van der Waals surface area contributed by atoms with Gasteiger partial charge in [0, 0.05) is 31.0 Å². The third kappa shape index (κ3) is 6.24. The molecule has 1 N–H and O–H groups in total. The number of rotatable bonds is 9. The molecule has 1 amide bonds. The van der Waals surface area contributed by atoms with Gasteiger partial charge in [0.2, 0.25) is 5.75 Å². The summed E-state index contributed by atoms with van der Waals surface area (Å²) in [5.41, 5.74) is -0.836. The van der Waals surface area contributed by atoms with E-state index in [1.807, 2.05) is 0 Å². The zero-order valence-electron chi connectivity index (χ0n) is 20.8. The number of amides is 1. The lowest BCUT2D eigenvalue weighted by atomic mass is 9.85. The maximum absolute atomic E-state index is 13.6. The second kappa shape index (κ2) is 12.0. The molecule has 3 rings (SSSR count). The van der Waals surface area contributed by atoms with Gasteiger partial charge in [-0.15, -0.1) is 0 Å². The third-order valence-electron chi connectivity index (χ3n) is 5.58. The molecule has 0 aliphatic rings. The van der Waals surface area contributed by atoms with Gasteiger partial charge in [0.1, 0.15) is 23.2 Å². The van der Waals surface area contributed by atoms with E-state index in [9.17, 15) is 23.2 Å². The van der Waals surface area contributed by atoms with Crippen molar-refractivity contribution in [1.82, 2.24) is 14.9 Å². The Bertz CT molecular complexity index is 1280. The number of ether oxygens (including phenoxy) is 2. The Morgan fingerprint density at radius 2 is 1.53 bits per heavy atom. The minimum Gasteiger partial charge on any atom is -0.493 e. The Balaban J connectivity index is 1.83. The molecule has 0 spiro atoms. The molecule has 38 heavy (non-hydrogen) atoms. The fourth-order valence-corrected chi connectivity index (χ4v) is 3.75. The van der Waals surface area contributed by atoms with Crippen molar-refractivity contribution in [3.05, 3.63) is 89.2 Å². The second-order valence-electron chi connectivity index (χ2n) is 8.22. The monoisotopic (exact) mass is 547 g/mol. The third-order valence-corrected chi connectivity index (χ3v) is 5.99. The molecular formula is C26H24ClF2N3O6. The number of aromatic nitrogens is 1. The van der Waals surface area contributed by atoms with Crippen LogP contribution in [-0.4, -0.2) is 40.6 Å². The van der Waals surface area contributed by atoms with Crippen molar-refractivity contribution in [2.45, 2.75) is 32.4 Å². The van der Waals surface area contributed by atoms with E-state index in [-0.39, 0.29) is 17.2 Å². The number of nitrogens with one attached hydrogen (secondary N) is 1. The lowest BCUT2D eigenvalue weighted by Gasteiger charge is -2.36. The summed E-state index contributed by atoms with van der Waals surface area (Å²) in [6, 6.07) is 10.7. The molecule has 9 nitrogen and oxygen atoms in total. The summed E-state index contributed by atoms with van der Waals surface area (Å²) in [5, 5.41) is 2.40. The molecular weight excluding hydrogens is 524 g/mol. The summed E-state index contributed by atoms with van der Waals surface area (Å²) in [4.78, 5) is 46.6. The first-order valence-corrected chi connectivity index (χ1v) is 11.5. The zero-order chi connectivity index (χ0) is 28.0. The van der Waals surface area contributed by atoms with Crippen LogP contribution in [0.3, 0.4) is 0 Å². The lowest BCUT2D eigenvalue weighted by Crippen LogP contribution is -2.46. The standard InChI is InChI=1S/C26H24ClF2N3O6/c1-15(31-24(34)22-23(37-16(2)33)21(36-4)13-14-30-22)25(35)38-32(27)26(3,17-5-9-19(28)10-6-17)18-7-11-20(29)12-8-18/h5-15H,1-4H3,(H,31,34)/t15-/m0/s1. The van der Waals surface area contributed by atoms with E-state index in [4.69, 9.17) is 26.1 Å². The van der Waals surface area contributed by atoms with Crippen molar-refractivity contribution >= 4 is 29.6 Å². The van der Waals surface area contributed by atoms with Crippen LogP contribution < -0.4 is 14.8 Å². The number of hydrogen-bond acceptors (Lipinski definition) is 8. The molecule has 0 aliphatic heterocycles. The van der Waals surface area contributed by atoms with Crippen LogP contribution in [0.4, 0.5) is 8.78 Å². The Labute approximate surface area is 222 Å². The van der Waals surface area contributed by atoms with Gasteiger partial charge in [0.05, 0.1) is 7.11 Å². The van der Waals surface area contributed by atoms with E-state index in [1.54, 1.807) is 6.92 Å². The summed E-state index contributed by atoms with van der Waals surface area (Å²) in [6.07, 6.45) is 1.26. The van der Waals surface area contributed by atoms with Gasteiger partial charge < -0.3 is 19.6 Å². The first kappa shape index (κ1) is 28.5. The summed E-state index contributed by atoms with van der Waals surface area (Å²) in [7, 11) is 1.32. The minimum atomic E-state index is -1.39. The van der Waals surface area contributed by atoms with Crippen LogP contribution in [0.25, 0.3) is 0 Å². The van der Waals surface area contributed by atoms with E-state index >= 15 is 0 Å². The molecule has 1 heterocycles. The van der Waals surface area contributed by atoms with E-state index in [1.165, 1.54) is 74.8 Å². The van der Waals surface area contributed by atoms with Crippen molar-refractivity contribution in [1.29, 1.82) is 0 Å². The van der Waals surface area contributed by atoms with Crippen molar-refractivity contribution < 1.29 is 37.5 Å². The van der Waals surface area contributed by atoms with Crippen LogP contribution in [0.5, 0.6) is 11.5 Å². The predicted molar refractivity (Wildman–Crippen MR) is 132 cm³/mol. The fourth-order valence-electron chi connectivity index (χ4n) is 3.49. The molecule has 3 aromatic rings. The number of hydroxylamine groups is 1. The van der Waals surface area contributed by atoms with Gasteiger partial charge in [-0.1, -0.05) is 24.3 Å². The normalized spacial score (nSPS) is 12.0. The van der Waals surface area contributed by atoms with Crippen molar-refractivity contribution in [3.63, 3.8) is 0 Å². The quantitative estimate of drug-likeness (QED) is 0.240. The second-order valence-corrected chi connectivity index (χ2v) is 8.53. The van der Waals surface area contributed by atoms with Crippen LogP contribution in [-0.2, 0) is 20.0 Å². The summed E-state index contributed by atoms with van der Waals surface area (Å²) >= 11 is 6.45. The van der Waals surface area contributed by atoms with E-state index in [2.05, 4.69) is 10.3 Å². The molecule has 0 unspecified atom stereocenters. The first-order valence-electron chi connectivity index (χ1n) is 11.2. The smallest absolute Gasteiger partial charge is 0.348 e. The maximum atomic E-state index is 13.6. The number of carbonyl (C=O) groups is 3. The van der Waals surface area contributed by atoms with E-state index in [0.717, 1.165) is 6.92 Å². The van der Waals surface area contributed by atoms with Gasteiger partial charge in [0.15, 0.2) is 11.4 Å². The zero-order valence-corrected chi connectivity index (χ0v) is 21.6. The number of esters is 1. The molecule has 0 saturated carbocycles. The summed E-state index contributed by atoms with van der Waals surface area (Å²) < 4.78 is 38.1. The van der Waals surface area contributed by atoms with Crippen molar-refractivity contribution in [2.75, 3.05) is 7.11 Å². The highest BCUT2D eigenvalue weighted by molar-refractivity contribution is 6.13. The van der Waals surface area contributed by atoms with Crippen molar-refractivity contribution in [3.8, 4) is 11.5 Å². The minimum absolute atomic E-state index is 0.0804. The van der Waals surface area contributed by atoms with Crippen LogP contribution in [0, 0.1) is 11.6 Å². The van der Waals surface area contributed by atoms with Gasteiger partial charge in [-0.25, -0.2) is 18.6 Å². The fraction of sp³-hybridized carbons (Fsp3) is 0.231. The average Bonchev–Trinajstić information content (AvgIpc) is 2.88. The SMILES string of the molecule is COc1ccnc(C(=O)N[C@@H](C)C(=O)ON(Cl)C(C)(c2ccc(F)cc2)c2ccc(F)cc2)c1OC(C)=O. The molecule has 1 aromatic heterocycles. The molecule has 1 atom stereocenters. The molecule has 0 radical (unpaired) electrons. The molecule has 0 aliphatic carbocycles. The summed E-state index contributed by atoms with van der Waals surface area (Å²) in [5.74, 6) is -3.67. The topological polar surface area (TPSA) is 107 Å². The van der Waals surface area contributed by atoms with Gasteiger partial charge >= 0.3 is 11.9 Å². The van der Waals surface area contributed by atoms with Crippen LogP contribution in [0.1, 0.15) is 42.4 Å². The van der Waals surface area contributed by atoms with Gasteiger partial charge in [-0.05, 0) is 53.8 Å². The Kier molecular flexibility index (Phi) is 8.97. The Morgan fingerprint density at radius 1 is 1.00 bits per heavy atom. The van der Waals surface area contributed by atoms with E-state index in [0.29, 0.717) is 15.7 Å². The average molecular weight is 548 g/mol. The molecule has 12 heteroatoms. The van der Waals surface area contributed by atoms with Crippen LogP contribution in [0.2, 0.25) is 0 Å². The van der Waals surface area contributed by atoms with Gasteiger partial charge in [-0.3, -0.25) is 9.59 Å². The van der Waals surface area contributed by atoms with E-state index < -0.39 is 41.1 Å². The number of methoxy groups -OCH3 is 1. The largest absolute Gasteiger partial charge is 0.493 e. The number of hydrogen-bond donors (Lipinski definition) is 1. The number of nitrogens with zero attached hydrogens (tertiary/aromatic N) is 2. The predicted octanol–water partition coefficient (Wildman–Crippen LogP) is 4.29. The number of benzene rings is 2.